The van der Waals surface area contributed by atoms with Crippen LogP contribution in [-0.4, -0.2) is 44.3 Å². The highest BCUT2D eigenvalue weighted by molar-refractivity contribution is 6.31. The van der Waals surface area contributed by atoms with E-state index >= 15 is 0 Å². The highest BCUT2D eigenvalue weighted by Crippen LogP contribution is 2.16. The standard InChI is InChI=1S/C17H23ClN6O3/c1-11(2)4-3-5-12(9-24(27)10-25)16(26)21-23-17-19-14-7-6-13(18)8-15(14)20-22-17/h6-8,10-12,27H,3-5,9H2,1-2H3,(H,21,26)(H,19,22,23)/t12-/m0/s1. The maximum Gasteiger partial charge on any atom is 0.262 e. The summed E-state index contributed by atoms with van der Waals surface area (Å²) in [6, 6.07) is 5.02. The third-order valence-corrected chi connectivity index (χ3v) is 4.18. The molecule has 9 nitrogen and oxygen atoms in total. The third kappa shape index (κ3) is 6.61. The van der Waals surface area contributed by atoms with Gasteiger partial charge in [-0.1, -0.05) is 38.3 Å². The van der Waals surface area contributed by atoms with Crippen molar-refractivity contribution in [2.24, 2.45) is 11.8 Å². The second kappa shape index (κ2) is 9.98. The summed E-state index contributed by atoms with van der Waals surface area (Å²) in [6.45, 7) is 4.10. The maximum atomic E-state index is 12.4. The largest absolute Gasteiger partial charge is 0.286 e. The Kier molecular flexibility index (Phi) is 7.68. The summed E-state index contributed by atoms with van der Waals surface area (Å²) in [7, 11) is 0. The van der Waals surface area contributed by atoms with Gasteiger partial charge in [0.15, 0.2) is 0 Å². The summed E-state index contributed by atoms with van der Waals surface area (Å²) >= 11 is 5.89. The molecule has 0 aliphatic heterocycles. The predicted molar refractivity (Wildman–Crippen MR) is 101 cm³/mol. The normalized spacial score (nSPS) is 12.0. The van der Waals surface area contributed by atoms with Gasteiger partial charge in [0.05, 0.1) is 18.0 Å². The van der Waals surface area contributed by atoms with Crippen molar-refractivity contribution in [2.45, 2.75) is 33.1 Å². The van der Waals surface area contributed by atoms with Gasteiger partial charge >= 0.3 is 0 Å². The van der Waals surface area contributed by atoms with Crippen molar-refractivity contribution in [3.05, 3.63) is 23.2 Å². The first-order chi connectivity index (χ1) is 12.9. The molecule has 27 heavy (non-hydrogen) atoms. The van der Waals surface area contributed by atoms with Crippen molar-refractivity contribution in [2.75, 3.05) is 12.0 Å². The zero-order chi connectivity index (χ0) is 19.8. The van der Waals surface area contributed by atoms with Crippen molar-refractivity contribution in [3.63, 3.8) is 0 Å². The lowest BCUT2D eigenvalue weighted by molar-refractivity contribution is -0.154. The minimum absolute atomic E-state index is 0.0928. The number of hydrazine groups is 1. The number of anilines is 1. The number of hydroxylamine groups is 2. The summed E-state index contributed by atoms with van der Waals surface area (Å²) in [6.07, 6.45) is 2.56. The van der Waals surface area contributed by atoms with Gasteiger partial charge in [-0.25, -0.2) is 10.0 Å². The molecule has 0 aliphatic carbocycles. The van der Waals surface area contributed by atoms with Gasteiger partial charge in [0.2, 0.25) is 12.3 Å². The highest BCUT2D eigenvalue weighted by Gasteiger charge is 2.21. The fourth-order valence-corrected chi connectivity index (χ4v) is 2.69. The first-order valence-corrected chi connectivity index (χ1v) is 9.03. The summed E-state index contributed by atoms with van der Waals surface area (Å²) in [4.78, 5) is 27.3. The lowest BCUT2D eigenvalue weighted by Gasteiger charge is -2.20. The van der Waals surface area contributed by atoms with E-state index in [2.05, 4.69) is 39.9 Å². The molecule has 146 valence electrons. The second-order valence-electron chi connectivity index (χ2n) is 6.63. The van der Waals surface area contributed by atoms with Crippen LogP contribution >= 0.6 is 11.6 Å². The molecule has 2 aromatic rings. The Labute approximate surface area is 162 Å². The zero-order valence-electron chi connectivity index (χ0n) is 15.2. The number of halogens is 1. The molecule has 0 fully saturated rings. The maximum absolute atomic E-state index is 12.4. The molecule has 0 aliphatic rings. The molecular weight excluding hydrogens is 372 g/mol. The van der Waals surface area contributed by atoms with E-state index in [0.717, 1.165) is 12.8 Å². The Morgan fingerprint density at radius 2 is 2.07 bits per heavy atom. The van der Waals surface area contributed by atoms with Crippen molar-refractivity contribution < 1.29 is 14.8 Å². The zero-order valence-corrected chi connectivity index (χ0v) is 16.0. The third-order valence-electron chi connectivity index (χ3n) is 3.95. The Balaban J connectivity index is 1.98. The molecule has 1 heterocycles. The van der Waals surface area contributed by atoms with Crippen molar-refractivity contribution in [1.82, 2.24) is 25.7 Å². The van der Waals surface area contributed by atoms with Crippen molar-refractivity contribution in [1.29, 1.82) is 0 Å². The summed E-state index contributed by atoms with van der Waals surface area (Å²) in [5.41, 5.74) is 6.23. The highest BCUT2D eigenvalue weighted by atomic mass is 35.5. The van der Waals surface area contributed by atoms with Crippen LogP contribution in [-0.2, 0) is 9.59 Å². The molecule has 1 atom stereocenters. The lowest BCUT2D eigenvalue weighted by Crippen LogP contribution is -2.40. The average molecular weight is 395 g/mol. The molecule has 10 heteroatoms. The Morgan fingerprint density at radius 3 is 2.78 bits per heavy atom. The first-order valence-electron chi connectivity index (χ1n) is 8.65. The smallest absolute Gasteiger partial charge is 0.262 e. The van der Waals surface area contributed by atoms with Gasteiger partial charge in [0, 0.05) is 5.02 Å². The first kappa shape index (κ1) is 20.8. The van der Waals surface area contributed by atoms with Crippen LogP contribution in [0, 0.1) is 11.8 Å². The van der Waals surface area contributed by atoms with Gasteiger partial charge < -0.3 is 0 Å². The van der Waals surface area contributed by atoms with Gasteiger partial charge in [-0.05, 0) is 30.5 Å². The topological polar surface area (TPSA) is 120 Å². The van der Waals surface area contributed by atoms with E-state index in [4.69, 9.17) is 11.6 Å². The van der Waals surface area contributed by atoms with E-state index in [1.807, 2.05) is 0 Å². The number of fused-ring (bicyclic) bond motifs is 1. The molecule has 3 N–H and O–H groups in total. The van der Waals surface area contributed by atoms with Crippen LogP contribution < -0.4 is 10.9 Å². The molecule has 0 saturated heterocycles. The lowest BCUT2D eigenvalue weighted by atomic mass is 9.97. The van der Waals surface area contributed by atoms with Gasteiger partial charge in [-0.2, -0.15) is 0 Å². The van der Waals surface area contributed by atoms with Crippen LogP contribution in [0.25, 0.3) is 11.0 Å². The van der Waals surface area contributed by atoms with E-state index < -0.39 is 5.92 Å². The van der Waals surface area contributed by atoms with Gasteiger partial charge in [0.25, 0.3) is 5.95 Å². The van der Waals surface area contributed by atoms with E-state index in [0.29, 0.717) is 33.5 Å². The number of aromatic nitrogens is 3. The number of benzene rings is 1. The van der Waals surface area contributed by atoms with Gasteiger partial charge in [-0.3, -0.25) is 25.6 Å². The fourth-order valence-electron chi connectivity index (χ4n) is 2.53. The van der Waals surface area contributed by atoms with E-state index in [9.17, 15) is 14.8 Å². The molecule has 0 radical (unpaired) electrons. The summed E-state index contributed by atoms with van der Waals surface area (Å²) in [5, 5.41) is 18.3. The Morgan fingerprint density at radius 1 is 1.30 bits per heavy atom. The number of nitrogens with zero attached hydrogens (tertiary/aromatic N) is 4. The number of rotatable bonds is 10. The molecule has 2 rings (SSSR count). The molecular formula is C17H23ClN6O3. The SMILES string of the molecule is CC(C)CCC[C@@H](CN(O)C=O)C(=O)NNc1nnc2cc(Cl)ccc2n1. The number of hydrogen-bond donors (Lipinski definition) is 3. The molecule has 0 saturated carbocycles. The fraction of sp³-hybridized carbons (Fsp3) is 0.471. The average Bonchev–Trinajstić information content (AvgIpc) is 2.64. The predicted octanol–water partition coefficient (Wildman–Crippen LogP) is 2.41. The minimum atomic E-state index is -0.571. The molecule has 0 unspecified atom stereocenters. The van der Waals surface area contributed by atoms with Crippen LogP contribution in [0.3, 0.4) is 0 Å². The number of nitrogens with one attached hydrogen (secondary N) is 2. The number of carbonyl (C=O) groups is 2. The molecule has 1 aromatic carbocycles. The van der Waals surface area contributed by atoms with Crippen LogP contribution in [0.1, 0.15) is 33.1 Å². The van der Waals surface area contributed by atoms with Gasteiger partial charge in [-0.15, -0.1) is 10.2 Å². The number of carbonyl (C=O) groups excluding carboxylic acids is 2. The second-order valence-corrected chi connectivity index (χ2v) is 7.07. The van der Waals surface area contributed by atoms with Crippen LogP contribution in [0.15, 0.2) is 18.2 Å². The van der Waals surface area contributed by atoms with Crippen LogP contribution in [0.4, 0.5) is 5.95 Å². The van der Waals surface area contributed by atoms with Crippen molar-refractivity contribution >= 4 is 40.9 Å². The number of amides is 2. The molecule has 0 spiro atoms. The molecule has 2 amide bonds. The summed E-state index contributed by atoms with van der Waals surface area (Å²) < 4.78 is 0. The molecule has 0 bridgehead atoms. The molecule has 1 aromatic heterocycles. The quantitative estimate of drug-likeness (QED) is 0.321. The van der Waals surface area contributed by atoms with E-state index in [-0.39, 0.29) is 24.8 Å². The van der Waals surface area contributed by atoms with Crippen LogP contribution in [0.5, 0.6) is 0 Å². The van der Waals surface area contributed by atoms with E-state index in [1.54, 1.807) is 18.2 Å². The van der Waals surface area contributed by atoms with Crippen molar-refractivity contribution in [3.8, 4) is 0 Å². The number of hydrogen-bond acceptors (Lipinski definition) is 7. The summed E-state index contributed by atoms with van der Waals surface area (Å²) in [5.74, 6) is -0.317. The monoisotopic (exact) mass is 394 g/mol. The van der Waals surface area contributed by atoms with E-state index in [1.165, 1.54) is 0 Å². The Hall–Kier alpha value is -2.52. The van der Waals surface area contributed by atoms with Gasteiger partial charge in [0.1, 0.15) is 5.52 Å². The minimum Gasteiger partial charge on any atom is -0.286 e. The Bertz CT molecular complexity index is 788. The van der Waals surface area contributed by atoms with Crippen LogP contribution in [0.2, 0.25) is 5.02 Å².